The Hall–Kier alpha value is -0.280. The lowest BCUT2D eigenvalue weighted by Crippen LogP contribution is -2.45. The molecule has 0 bridgehead atoms. The lowest BCUT2D eigenvalue weighted by molar-refractivity contribution is 0.168. The molecule has 1 fully saturated rings. The Labute approximate surface area is 119 Å². The van der Waals surface area contributed by atoms with E-state index in [9.17, 15) is 0 Å². The highest BCUT2D eigenvalue weighted by Crippen LogP contribution is 2.24. The summed E-state index contributed by atoms with van der Waals surface area (Å²) in [6.45, 7) is 4.17. The summed E-state index contributed by atoms with van der Waals surface area (Å²) in [6.07, 6.45) is 2.36. The van der Waals surface area contributed by atoms with E-state index >= 15 is 0 Å². The van der Waals surface area contributed by atoms with Crippen molar-refractivity contribution >= 4 is 23.2 Å². The van der Waals surface area contributed by atoms with Crippen LogP contribution < -0.4 is 5.32 Å². The average molecular weight is 287 g/mol. The lowest BCUT2D eigenvalue weighted by atomic mass is 9.99. The molecule has 1 aliphatic rings. The molecule has 1 aromatic carbocycles. The van der Waals surface area contributed by atoms with E-state index in [0.29, 0.717) is 12.1 Å². The summed E-state index contributed by atoms with van der Waals surface area (Å²) >= 11 is 12.3. The Morgan fingerprint density at radius 3 is 2.61 bits per heavy atom. The van der Waals surface area contributed by atoms with E-state index in [1.54, 1.807) is 0 Å². The Kier molecular flexibility index (Phi) is 4.91. The van der Waals surface area contributed by atoms with E-state index in [-0.39, 0.29) is 0 Å². The van der Waals surface area contributed by atoms with Gasteiger partial charge in [-0.25, -0.2) is 0 Å². The van der Waals surface area contributed by atoms with Gasteiger partial charge in [-0.15, -0.1) is 0 Å². The van der Waals surface area contributed by atoms with Gasteiger partial charge in [0.15, 0.2) is 0 Å². The monoisotopic (exact) mass is 286 g/mol. The van der Waals surface area contributed by atoms with E-state index < -0.39 is 0 Å². The minimum Gasteiger partial charge on any atom is -0.310 e. The van der Waals surface area contributed by atoms with Crippen molar-refractivity contribution in [2.45, 2.75) is 38.4 Å². The Bertz CT molecular complexity index is 389. The highest BCUT2D eigenvalue weighted by molar-refractivity contribution is 6.35. The molecule has 0 amide bonds. The number of likely N-dealkylation sites (tertiary alicyclic amines) is 1. The Morgan fingerprint density at radius 1 is 1.33 bits per heavy atom. The van der Waals surface area contributed by atoms with Crippen LogP contribution in [0.5, 0.6) is 0 Å². The van der Waals surface area contributed by atoms with Crippen LogP contribution in [0.2, 0.25) is 10.0 Å². The third kappa shape index (κ3) is 3.39. The first-order valence-electron chi connectivity index (χ1n) is 6.44. The SMILES string of the molecule is CC1CC(NCc2c(Cl)cccc2Cl)CCN1C. The molecule has 2 rings (SSSR count). The van der Waals surface area contributed by atoms with Crippen LogP contribution in [0.1, 0.15) is 25.3 Å². The smallest absolute Gasteiger partial charge is 0.0465 e. The topological polar surface area (TPSA) is 15.3 Å². The minimum absolute atomic E-state index is 0.559. The predicted molar refractivity (Wildman–Crippen MR) is 78.4 cm³/mol. The van der Waals surface area contributed by atoms with Crippen LogP contribution in [-0.4, -0.2) is 30.6 Å². The van der Waals surface area contributed by atoms with Gasteiger partial charge in [0, 0.05) is 34.2 Å². The molecule has 0 aromatic heterocycles. The number of nitrogens with one attached hydrogen (secondary N) is 1. The van der Waals surface area contributed by atoms with Crippen LogP contribution >= 0.6 is 23.2 Å². The molecule has 2 atom stereocenters. The molecule has 18 heavy (non-hydrogen) atoms. The molecule has 1 N–H and O–H groups in total. The third-order valence-corrected chi connectivity index (χ3v) is 4.55. The number of hydrogen-bond donors (Lipinski definition) is 1. The molecule has 0 spiro atoms. The van der Waals surface area contributed by atoms with Gasteiger partial charge < -0.3 is 10.2 Å². The molecule has 0 aliphatic carbocycles. The molecule has 2 nitrogen and oxygen atoms in total. The van der Waals surface area contributed by atoms with Crippen molar-refractivity contribution in [2.24, 2.45) is 0 Å². The standard InChI is InChI=1S/C14H20Cl2N2/c1-10-8-11(6-7-18(10)2)17-9-12-13(15)4-3-5-14(12)16/h3-5,10-11,17H,6-9H2,1-2H3. The zero-order valence-corrected chi connectivity index (χ0v) is 12.4. The van der Waals surface area contributed by atoms with E-state index in [0.717, 1.165) is 28.7 Å². The Morgan fingerprint density at radius 2 is 2.00 bits per heavy atom. The van der Waals surface area contributed by atoms with Gasteiger partial charge in [0.2, 0.25) is 0 Å². The fourth-order valence-electron chi connectivity index (χ4n) is 2.42. The van der Waals surface area contributed by atoms with Crippen LogP contribution in [0, 0.1) is 0 Å². The quantitative estimate of drug-likeness (QED) is 0.914. The first kappa shape index (κ1) is 14.1. The fourth-order valence-corrected chi connectivity index (χ4v) is 2.95. The number of piperidine rings is 1. The minimum atomic E-state index is 0.559. The van der Waals surface area contributed by atoms with E-state index in [1.165, 1.54) is 12.8 Å². The molecule has 1 aromatic rings. The van der Waals surface area contributed by atoms with E-state index in [1.807, 2.05) is 18.2 Å². The predicted octanol–water partition coefficient (Wildman–Crippen LogP) is 3.57. The van der Waals surface area contributed by atoms with Crippen molar-refractivity contribution in [3.63, 3.8) is 0 Å². The second kappa shape index (κ2) is 6.25. The van der Waals surface area contributed by atoms with E-state index in [2.05, 4.69) is 24.2 Å². The van der Waals surface area contributed by atoms with Gasteiger partial charge in [-0.2, -0.15) is 0 Å². The van der Waals surface area contributed by atoms with Crippen LogP contribution in [-0.2, 0) is 6.54 Å². The van der Waals surface area contributed by atoms with Gasteiger partial charge in [-0.05, 0) is 45.5 Å². The van der Waals surface area contributed by atoms with Crippen LogP contribution in [0.25, 0.3) is 0 Å². The molecule has 2 unspecified atom stereocenters. The molecule has 1 aliphatic heterocycles. The van der Waals surface area contributed by atoms with Crippen molar-refractivity contribution in [2.75, 3.05) is 13.6 Å². The molecule has 0 radical (unpaired) electrons. The summed E-state index contributed by atoms with van der Waals surface area (Å²) in [7, 11) is 2.19. The summed E-state index contributed by atoms with van der Waals surface area (Å²) in [5.74, 6) is 0. The van der Waals surface area contributed by atoms with Crippen molar-refractivity contribution in [3.05, 3.63) is 33.8 Å². The molecule has 4 heteroatoms. The zero-order valence-electron chi connectivity index (χ0n) is 10.9. The molecular formula is C14H20Cl2N2. The zero-order chi connectivity index (χ0) is 13.1. The highest BCUT2D eigenvalue weighted by Gasteiger charge is 2.22. The molecule has 1 saturated heterocycles. The summed E-state index contributed by atoms with van der Waals surface area (Å²) < 4.78 is 0. The summed E-state index contributed by atoms with van der Waals surface area (Å²) in [6, 6.07) is 6.86. The first-order valence-corrected chi connectivity index (χ1v) is 7.20. The third-order valence-electron chi connectivity index (χ3n) is 3.84. The van der Waals surface area contributed by atoms with Gasteiger partial charge in [0.25, 0.3) is 0 Å². The van der Waals surface area contributed by atoms with Crippen LogP contribution in [0.15, 0.2) is 18.2 Å². The normalized spacial score (nSPS) is 25.3. The second-order valence-corrected chi connectivity index (χ2v) is 5.95. The number of benzene rings is 1. The first-order chi connectivity index (χ1) is 8.58. The number of halogens is 2. The number of hydrogen-bond acceptors (Lipinski definition) is 2. The van der Waals surface area contributed by atoms with Gasteiger partial charge in [-0.1, -0.05) is 29.3 Å². The van der Waals surface area contributed by atoms with Crippen molar-refractivity contribution in [3.8, 4) is 0 Å². The van der Waals surface area contributed by atoms with Gasteiger partial charge >= 0.3 is 0 Å². The summed E-state index contributed by atoms with van der Waals surface area (Å²) in [4.78, 5) is 2.40. The highest BCUT2D eigenvalue weighted by atomic mass is 35.5. The molecule has 1 heterocycles. The fraction of sp³-hybridized carbons (Fsp3) is 0.571. The van der Waals surface area contributed by atoms with Crippen LogP contribution in [0.3, 0.4) is 0 Å². The maximum absolute atomic E-state index is 6.17. The van der Waals surface area contributed by atoms with Crippen molar-refractivity contribution in [1.82, 2.24) is 10.2 Å². The van der Waals surface area contributed by atoms with Gasteiger partial charge in [0.05, 0.1) is 0 Å². The average Bonchev–Trinajstić information content (AvgIpc) is 2.33. The van der Waals surface area contributed by atoms with Gasteiger partial charge in [0.1, 0.15) is 0 Å². The summed E-state index contributed by atoms with van der Waals surface area (Å²) in [5.41, 5.74) is 1.01. The van der Waals surface area contributed by atoms with Crippen LogP contribution in [0.4, 0.5) is 0 Å². The van der Waals surface area contributed by atoms with E-state index in [4.69, 9.17) is 23.2 Å². The van der Waals surface area contributed by atoms with Gasteiger partial charge in [-0.3, -0.25) is 0 Å². The molecule has 100 valence electrons. The van der Waals surface area contributed by atoms with Crippen molar-refractivity contribution < 1.29 is 0 Å². The number of nitrogens with zero attached hydrogens (tertiary/aromatic N) is 1. The second-order valence-electron chi connectivity index (χ2n) is 5.13. The maximum Gasteiger partial charge on any atom is 0.0465 e. The molecular weight excluding hydrogens is 267 g/mol. The maximum atomic E-state index is 6.17. The molecule has 0 saturated carbocycles. The number of rotatable bonds is 3. The van der Waals surface area contributed by atoms with Crippen molar-refractivity contribution in [1.29, 1.82) is 0 Å². The Balaban J connectivity index is 1.92. The summed E-state index contributed by atoms with van der Waals surface area (Å²) in [5, 5.41) is 5.07. The lowest BCUT2D eigenvalue weighted by Gasteiger charge is -2.35. The largest absolute Gasteiger partial charge is 0.310 e.